The number of aliphatic hydroxyl groups excluding tert-OH is 2. The van der Waals surface area contributed by atoms with Crippen molar-refractivity contribution in [2.75, 3.05) is 34.9 Å². The lowest BCUT2D eigenvalue weighted by atomic mass is 9.44. The number of methoxy groups -OCH3 is 2. The summed E-state index contributed by atoms with van der Waals surface area (Å²) >= 11 is 0. The van der Waals surface area contributed by atoms with E-state index >= 15 is 0 Å². The first-order chi connectivity index (χ1) is 25.3. The molecule has 308 valence electrons. The van der Waals surface area contributed by atoms with Gasteiger partial charge in [0.25, 0.3) is 0 Å². The monoisotopic (exact) mass is 762 g/mol. The molecule has 11 nitrogen and oxygen atoms in total. The van der Waals surface area contributed by atoms with E-state index in [-0.39, 0.29) is 77.9 Å². The van der Waals surface area contributed by atoms with E-state index in [2.05, 4.69) is 53.6 Å². The summed E-state index contributed by atoms with van der Waals surface area (Å²) in [7, 11) is 4.71. The van der Waals surface area contributed by atoms with Crippen LogP contribution in [0.3, 0.4) is 0 Å². The van der Waals surface area contributed by atoms with Gasteiger partial charge in [-0.2, -0.15) is 0 Å². The van der Waals surface area contributed by atoms with Crippen molar-refractivity contribution in [3.8, 4) is 0 Å². The van der Waals surface area contributed by atoms with Gasteiger partial charge >= 0.3 is 0 Å². The van der Waals surface area contributed by atoms with E-state index in [1.54, 1.807) is 20.4 Å². The fourth-order valence-electron chi connectivity index (χ4n) is 13.7. The molecule has 6 rings (SSSR count). The van der Waals surface area contributed by atoms with Gasteiger partial charge in [0, 0.05) is 55.1 Å². The van der Waals surface area contributed by atoms with E-state index in [0.29, 0.717) is 31.5 Å². The maximum absolute atomic E-state index is 13.2. The number of carbonyl (C=O) groups is 3. The Morgan fingerprint density at radius 3 is 1.48 bits per heavy atom. The van der Waals surface area contributed by atoms with Crippen LogP contribution in [0.2, 0.25) is 0 Å². The molecule has 16 atom stereocenters. The van der Waals surface area contributed by atoms with Gasteiger partial charge in [-0.3, -0.25) is 9.59 Å². The van der Waals surface area contributed by atoms with Crippen LogP contribution in [-0.2, 0) is 38.2 Å². The molecular formula is C43H71NO10. The average Bonchev–Trinajstić information content (AvgIpc) is 3.68. The summed E-state index contributed by atoms with van der Waals surface area (Å²) in [5, 5.41) is 26.9. The standard InChI is InChI=1S/C22H37NO5.C21H34O5/c1-14-7-9-22-10-8-16(24)18(22)21(14,4)17(25)11-20(3,12-23-27-6)19(15(22)2)28-13-26-5;1-13-6-8-21-9-7-15(23)17(21)20(13,4)16(24)10-19(3,11-22)18(14(21)2)26-12-25-5/h12,14-15,17-19,25H,7-11,13H2,1-6H3;11,13-14,16-18,24H,6-10,12H2,1-5H3/t14-,15+,17-,18?,19+,20+,21+,22?;13-,14+,16-,17?,18+,19+,20+,21?/m11/s1. The van der Waals surface area contributed by atoms with Crippen molar-refractivity contribution >= 4 is 24.1 Å². The van der Waals surface area contributed by atoms with Gasteiger partial charge in [-0.05, 0) is 85.9 Å². The summed E-state index contributed by atoms with van der Waals surface area (Å²) < 4.78 is 22.7. The molecule has 54 heavy (non-hydrogen) atoms. The van der Waals surface area contributed by atoms with Crippen LogP contribution in [0.25, 0.3) is 0 Å². The molecule has 0 aliphatic heterocycles. The summed E-state index contributed by atoms with van der Waals surface area (Å²) in [4.78, 5) is 43.4. The van der Waals surface area contributed by atoms with Crippen LogP contribution in [0, 0.1) is 68.0 Å². The van der Waals surface area contributed by atoms with E-state index in [9.17, 15) is 24.6 Å². The molecule has 0 aromatic heterocycles. The van der Waals surface area contributed by atoms with E-state index in [4.69, 9.17) is 23.8 Å². The number of aldehydes is 1. The average molecular weight is 762 g/mol. The maximum Gasteiger partial charge on any atom is 0.146 e. The first kappa shape index (κ1) is 43.4. The van der Waals surface area contributed by atoms with Crippen molar-refractivity contribution < 1.29 is 48.4 Å². The summed E-state index contributed by atoms with van der Waals surface area (Å²) in [6.07, 6.45) is 8.43. The van der Waals surface area contributed by atoms with Gasteiger partial charge in [-0.1, -0.05) is 60.5 Å². The normalized spacial score (nSPS) is 50.2. The second kappa shape index (κ2) is 15.9. The fraction of sp³-hybridized carbons (Fsp3) is 0.907. The van der Waals surface area contributed by atoms with Crippen molar-refractivity contribution in [1.29, 1.82) is 0 Å². The first-order valence-corrected chi connectivity index (χ1v) is 20.5. The number of aliphatic hydroxyl groups is 2. The number of rotatable bonds is 9. The predicted molar refractivity (Wildman–Crippen MR) is 204 cm³/mol. The molecule has 0 aromatic rings. The molecule has 6 aliphatic carbocycles. The molecule has 0 radical (unpaired) electrons. The minimum Gasteiger partial charge on any atom is -0.399 e. The van der Waals surface area contributed by atoms with Gasteiger partial charge in [-0.15, -0.1) is 0 Å². The second-order valence-corrected chi connectivity index (χ2v) is 19.4. The molecule has 0 saturated heterocycles. The Balaban J connectivity index is 0.000000208. The molecule has 11 heteroatoms. The number of oxime groups is 1. The van der Waals surface area contributed by atoms with E-state index in [1.807, 2.05) is 6.92 Å². The van der Waals surface area contributed by atoms with Crippen LogP contribution >= 0.6 is 0 Å². The number of Topliss-reactive ketones (excluding diaryl/α,β-unsaturated/α-hetero) is 2. The molecule has 0 amide bonds. The highest BCUT2D eigenvalue weighted by Gasteiger charge is 2.69. The van der Waals surface area contributed by atoms with Crippen LogP contribution < -0.4 is 0 Å². The molecule has 6 aliphatic rings. The molecule has 4 unspecified atom stereocenters. The number of carbonyl (C=O) groups excluding carboxylic acids is 3. The van der Waals surface area contributed by atoms with E-state index < -0.39 is 33.9 Å². The third kappa shape index (κ3) is 6.56. The molecular weight excluding hydrogens is 690 g/mol. The second-order valence-electron chi connectivity index (χ2n) is 19.4. The number of hydrogen-bond acceptors (Lipinski definition) is 11. The van der Waals surface area contributed by atoms with Crippen molar-refractivity contribution in [2.45, 2.75) is 144 Å². The van der Waals surface area contributed by atoms with Crippen LogP contribution in [-0.4, -0.2) is 93.6 Å². The summed E-state index contributed by atoms with van der Waals surface area (Å²) in [6.45, 7) is 17.2. The predicted octanol–water partition coefficient (Wildman–Crippen LogP) is 6.40. The van der Waals surface area contributed by atoms with Gasteiger partial charge in [0.1, 0.15) is 38.5 Å². The number of hydrogen-bond donors (Lipinski definition) is 2. The smallest absolute Gasteiger partial charge is 0.146 e. The summed E-state index contributed by atoms with van der Waals surface area (Å²) in [5.74, 6) is 1.03. The van der Waals surface area contributed by atoms with E-state index in [0.717, 1.165) is 44.8 Å². The number of ketones is 2. The maximum atomic E-state index is 13.2. The van der Waals surface area contributed by atoms with Crippen LogP contribution in [0.1, 0.15) is 120 Å². The largest absolute Gasteiger partial charge is 0.399 e. The fourth-order valence-corrected chi connectivity index (χ4v) is 13.7. The first-order valence-electron chi connectivity index (χ1n) is 20.5. The molecule has 0 heterocycles. The molecule has 0 aromatic carbocycles. The van der Waals surface area contributed by atoms with Crippen molar-refractivity contribution in [3.05, 3.63) is 0 Å². The third-order valence-corrected chi connectivity index (χ3v) is 17.1. The zero-order valence-electron chi connectivity index (χ0n) is 35.0. The molecule has 6 fully saturated rings. The Kier molecular flexibility index (Phi) is 12.8. The summed E-state index contributed by atoms with van der Waals surface area (Å²) in [5.41, 5.74) is -2.62. The third-order valence-electron chi connectivity index (χ3n) is 17.1. The Labute approximate surface area is 324 Å². The quantitative estimate of drug-likeness (QED) is 0.117. The zero-order chi connectivity index (χ0) is 40.1. The molecule has 0 spiro atoms. The van der Waals surface area contributed by atoms with Crippen LogP contribution in [0.4, 0.5) is 0 Å². The highest BCUT2D eigenvalue weighted by Crippen LogP contribution is 2.69. The topological polar surface area (TPSA) is 150 Å². The van der Waals surface area contributed by atoms with Gasteiger partial charge in [0.05, 0.1) is 36.0 Å². The van der Waals surface area contributed by atoms with Crippen LogP contribution in [0.5, 0.6) is 0 Å². The van der Waals surface area contributed by atoms with Gasteiger partial charge < -0.3 is 38.8 Å². The van der Waals surface area contributed by atoms with Gasteiger partial charge in [0.2, 0.25) is 0 Å². The molecule has 2 N–H and O–H groups in total. The number of nitrogens with zero attached hydrogens (tertiary/aromatic N) is 1. The minimum absolute atomic E-state index is 0.0450. The zero-order valence-corrected chi connectivity index (χ0v) is 35.0. The van der Waals surface area contributed by atoms with Gasteiger partial charge in [0.15, 0.2) is 0 Å². The highest BCUT2D eigenvalue weighted by atomic mass is 16.7. The minimum atomic E-state index is -0.806. The Hall–Kier alpha value is -1.76. The lowest BCUT2D eigenvalue weighted by Gasteiger charge is -2.61. The Morgan fingerprint density at radius 2 is 1.09 bits per heavy atom. The number of ether oxygens (including phenoxy) is 4. The SMILES string of the molecule is COCO[C@H]1[C@H](C)C23CCC(=O)C2[C@@](C)([C@H](C)CC3)[C@H](O)C[C@@]1(C)C=NOC.COCO[C@H]1[C@H](C)C23CCC(=O)C2[C@@](C)([C@H](C)CC3)[C@H](O)C[C@@]1(C)C=O. The molecule has 6 saturated carbocycles. The molecule has 4 bridgehead atoms. The Bertz CT molecular complexity index is 1410. The van der Waals surface area contributed by atoms with Crippen molar-refractivity contribution in [2.24, 2.45) is 73.2 Å². The van der Waals surface area contributed by atoms with E-state index in [1.165, 1.54) is 7.11 Å². The Morgan fingerprint density at radius 1 is 0.685 bits per heavy atom. The summed E-state index contributed by atoms with van der Waals surface area (Å²) in [6, 6.07) is 0. The lowest BCUT2D eigenvalue weighted by molar-refractivity contribution is -0.217. The van der Waals surface area contributed by atoms with Gasteiger partial charge in [-0.25, -0.2) is 0 Å². The highest BCUT2D eigenvalue weighted by molar-refractivity contribution is 5.86. The van der Waals surface area contributed by atoms with Crippen molar-refractivity contribution in [1.82, 2.24) is 0 Å². The lowest BCUT2D eigenvalue weighted by Crippen LogP contribution is -2.63. The van der Waals surface area contributed by atoms with Crippen molar-refractivity contribution in [3.63, 3.8) is 0 Å². The van der Waals surface area contributed by atoms with Crippen LogP contribution in [0.15, 0.2) is 5.16 Å².